The summed E-state index contributed by atoms with van der Waals surface area (Å²) in [7, 11) is 0. The second-order valence-electron chi connectivity index (χ2n) is 3.75. The van der Waals surface area contributed by atoms with Crippen LogP contribution in [0.2, 0.25) is 0 Å². The number of pyridine rings is 1. The highest BCUT2D eigenvalue weighted by Crippen LogP contribution is 2.30. The van der Waals surface area contributed by atoms with E-state index in [0.717, 1.165) is 6.07 Å². The number of alkyl halides is 3. The second-order valence-corrected chi connectivity index (χ2v) is 4.67. The maximum Gasteiger partial charge on any atom is 0.573 e. The van der Waals surface area contributed by atoms with Gasteiger partial charge in [0.25, 0.3) is 0 Å². The molecule has 0 aliphatic rings. The minimum absolute atomic E-state index is 0.178. The Labute approximate surface area is 120 Å². The van der Waals surface area contributed by atoms with E-state index in [0.29, 0.717) is 4.47 Å². The Kier molecular flexibility index (Phi) is 4.08. The molecule has 0 bridgehead atoms. The number of ether oxygens (including phenoxy) is 1. The quantitative estimate of drug-likeness (QED) is 0.790. The van der Waals surface area contributed by atoms with Crippen LogP contribution in [0.5, 0.6) is 5.75 Å². The third-order valence-corrected chi connectivity index (χ3v) is 2.85. The molecule has 3 nitrogen and oxygen atoms in total. The van der Waals surface area contributed by atoms with Crippen molar-refractivity contribution in [2.45, 2.75) is 6.36 Å². The zero-order valence-corrected chi connectivity index (χ0v) is 11.4. The number of benzene rings is 1. The number of hydrogen-bond donors (Lipinski definition) is 0. The van der Waals surface area contributed by atoms with Crippen molar-refractivity contribution in [1.29, 1.82) is 0 Å². The molecule has 2 rings (SSSR count). The molecule has 7 heteroatoms. The fourth-order valence-electron chi connectivity index (χ4n) is 1.55. The Morgan fingerprint density at radius 1 is 1.15 bits per heavy atom. The molecule has 0 spiro atoms. The molecule has 0 atom stereocenters. The van der Waals surface area contributed by atoms with Crippen LogP contribution in [0, 0.1) is 0 Å². The van der Waals surface area contributed by atoms with E-state index in [1.807, 2.05) is 0 Å². The fourth-order valence-corrected chi connectivity index (χ4v) is 1.91. The van der Waals surface area contributed by atoms with Gasteiger partial charge in [0.2, 0.25) is 0 Å². The molecule has 2 aromatic rings. The van der Waals surface area contributed by atoms with Gasteiger partial charge in [0.1, 0.15) is 5.75 Å². The third-order valence-electron chi connectivity index (χ3n) is 2.35. The van der Waals surface area contributed by atoms with E-state index >= 15 is 0 Å². The van der Waals surface area contributed by atoms with E-state index in [9.17, 15) is 18.0 Å². The number of ketones is 1. The molecule has 0 fully saturated rings. The summed E-state index contributed by atoms with van der Waals surface area (Å²) in [6, 6.07) is 6.57. The van der Waals surface area contributed by atoms with Gasteiger partial charge in [-0.15, -0.1) is 13.2 Å². The smallest absolute Gasteiger partial charge is 0.405 e. The molecule has 1 heterocycles. The van der Waals surface area contributed by atoms with E-state index in [1.165, 1.54) is 36.7 Å². The van der Waals surface area contributed by atoms with Gasteiger partial charge in [-0.1, -0.05) is 15.9 Å². The number of halogens is 4. The summed E-state index contributed by atoms with van der Waals surface area (Å²) in [5, 5.41) is 0. The Bertz CT molecular complexity index is 629. The monoisotopic (exact) mass is 345 g/mol. The zero-order chi connectivity index (χ0) is 14.8. The van der Waals surface area contributed by atoms with Crippen LogP contribution in [-0.2, 0) is 0 Å². The molecular formula is C13H7BrF3NO2. The van der Waals surface area contributed by atoms with E-state index in [1.54, 1.807) is 0 Å². The molecule has 0 saturated heterocycles. The Morgan fingerprint density at radius 3 is 2.40 bits per heavy atom. The minimum Gasteiger partial charge on any atom is -0.405 e. The van der Waals surface area contributed by atoms with Crippen molar-refractivity contribution in [3.8, 4) is 5.75 Å². The lowest BCUT2D eigenvalue weighted by Crippen LogP contribution is -2.19. The van der Waals surface area contributed by atoms with Crippen molar-refractivity contribution in [2.24, 2.45) is 0 Å². The van der Waals surface area contributed by atoms with Crippen molar-refractivity contribution in [3.05, 3.63) is 58.3 Å². The number of hydrogen-bond acceptors (Lipinski definition) is 3. The van der Waals surface area contributed by atoms with E-state index < -0.39 is 17.9 Å². The zero-order valence-electron chi connectivity index (χ0n) is 9.82. The van der Waals surface area contributed by atoms with Gasteiger partial charge in [-0.2, -0.15) is 0 Å². The molecule has 0 N–H and O–H groups in total. The number of carbonyl (C=O) groups is 1. The summed E-state index contributed by atoms with van der Waals surface area (Å²) in [5.74, 6) is -1.12. The SMILES string of the molecule is O=C(c1ccncc1)c1cc(Br)ccc1OC(F)(F)F. The van der Waals surface area contributed by atoms with Gasteiger partial charge < -0.3 is 4.74 Å². The van der Waals surface area contributed by atoms with Gasteiger partial charge in [-0.25, -0.2) is 0 Å². The number of carbonyl (C=O) groups excluding carboxylic acids is 1. The molecule has 0 amide bonds. The molecule has 0 aliphatic heterocycles. The lowest BCUT2D eigenvalue weighted by atomic mass is 10.0. The minimum atomic E-state index is -4.86. The number of rotatable bonds is 3. The van der Waals surface area contributed by atoms with Crippen LogP contribution in [-0.4, -0.2) is 17.1 Å². The standard InChI is InChI=1S/C13H7BrF3NO2/c14-9-1-2-11(20-13(15,16)17)10(7-9)12(19)8-3-5-18-6-4-8/h1-7H. The maximum absolute atomic E-state index is 12.3. The highest BCUT2D eigenvalue weighted by Gasteiger charge is 2.33. The van der Waals surface area contributed by atoms with Crippen molar-refractivity contribution in [2.75, 3.05) is 0 Å². The molecule has 20 heavy (non-hydrogen) atoms. The van der Waals surface area contributed by atoms with Crippen LogP contribution in [0.25, 0.3) is 0 Å². The van der Waals surface area contributed by atoms with Crippen LogP contribution in [0.1, 0.15) is 15.9 Å². The van der Waals surface area contributed by atoms with Crippen LogP contribution in [0.4, 0.5) is 13.2 Å². The van der Waals surface area contributed by atoms with Gasteiger partial charge in [-0.3, -0.25) is 9.78 Å². The third kappa shape index (κ3) is 3.57. The first-order valence-electron chi connectivity index (χ1n) is 5.37. The Morgan fingerprint density at radius 2 is 1.80 bits per heavy atom. The summed E-state index contributed by atoms with van der Waals surface area (Å²) in [6.07, 6.45) is -2.09. The summed E-state index contributed by atoms with van der Waals surface area (Å²) >= 11 is 3.12. The van der Waals surface area contributed by atoms with Gasteiger partial charge in [0.05, 0.1) is 5.56 Å². The molecule has 0 unspecified atom stereocenters. The first kappa shape index (κ1) is 14.5. The number of aromatic nitrogens is 1. The van der Waals surface area contributed by atoms with E-state index in [2.05, 4.69) is 25.7 Å². The molecular weight excluding hydrogens is 339 g/mol. The largest absolute Gasteiger partial charge is 0.573 e. The van der Waals surface area contributed by atoms with Crippen LogP contribution in [0.3, 0.4) is 0 Å². The summed E-state index contributed by atoms with van der Waals surface area (Å²) in [5.41, 5.74) is 0.0491. The Balaban J connectivity index is 2.44. The van der Waals surface area contributed by atoms with Gasteiger partial charge >= 0.3 is 6.36 Å². The van der Waals surface area contributed by atoms with Crippen LogP contribution < -0.4 is 4.74 Å². The van der Waals surface area contributed by atoms with Gasteiger partial charge in [-0.05, 0) is 30.3 Å². The molecule has 104 valence electrons. The molecule has 1 aromatic heterocycles. The number of nitrogens with zero attached hydrogens (tertiary/aromatic N) is 1. The maximum atomic E-state index is 12.3. The van der Waals surface area contributed by atoms with Crippen LogP contribution in [0.15, 0.2) is 47.2 Å². The average Bonchev–Trinajstić information content (AvgIpc) is 2.39. The molecule has 0 saturated carbocycles. The van der Waals surface area contributed by atoms with Crippen molar-refractivity contribution < 1.29 is 22.7 Å². The van der Waals surface area contributed by atoms with E-state index in [4.69, 9.17) is 0 Å². The normalized spacial score (nSPS) is 11.2. The fraction of sp³-hybridized carbons (Fsp3) is 0.0769. The highest BCUT2D eigenvalue weighted by atomic mass is 79.9. The second kappa shape index (κ2) is 5.62. The van der Waals surface area contributed by atoms with Gasteiger partial charge in [0, 0.05) is 22.4 Å². The van der Waals surface area contributed by atoms with Crippen molar-refractivity contribution in [1.82, 2.24) is 4.98 Å². The highest BCUT2D eigenvalue weighted by molar-refractivity contribution is 9.10. The molecule has 0 radical (unpaired) electrons. The van der Waals surface area contributed by atoms with E-state index in [-0.39, 0.29) is 11.1 Å². The Hall–Kier alpha value is -1.89. The summed E-state index contributed by atoms with van der Waals surface area (Å²) in [4.78, 5) is 16.0. The first-order chi connectivity index (χ1) is 9.37. The summed E-state index contributed by atoms with van der Waals surface area (Å²) < 4.78 is 41.3. The average molecular weight is 346 g/mol. The summed E-state index contributed by atoms with van der Waals surface area (Å²) in [6.45, 7) is 0. The molecule has 0 aliphatic carbocycles. The lowest BCUT2D eigenvalue weighted by molar-refractivity contribution is -0.274. The topological polar surface area (TPSA) is 39.2 Å². The molecule has 1 aromatic carbocycles. The lowest BCUT2D eigenvalue weighted by Gasteiger charge is -2.13. The first-order valence-corrected chi connectivity index (χ1v) is 6.16. The van der Waals surface area contributed by atoms with Crippen LogP contribution >= 0.6 is 15.9 Å². The predicted molar refractivity (Wildman–Crippen MR) is 68.5 cm³/mol. The van der Waals surface area contributed by atoms with Gasteiger partial charge in [0.15, 0.2) is 5.78 Å². The predicted octanol–water partition coefficient (Wildman–Crippen LogP) is 3.97. The van der Waals surface area contributed by atoms with Crippen molar-refractivity contribution >= 4 is 21.7 Å². The van der Waals surface area contributed by atoms with Crippen molar-refractivity contribution in [3.63, 3.8) is 0 Å².